The standard InChI is InChI=1S/C28H29N3O7/c1-31(2)22-17-12-14-11-16-13(6-8-15-5-3-4-10-30-15)7-9-18(32)20(16)23(33)19(14)25(35)28(17,38)26(36)21(24(22)34)27(29)37/h3-5,7,9-10,14,17,22,32-33,36,38H,6,8,11-12H2,1-2H3,(H2,29,37)/t14-,17-,22-,28-/m1/s1. The number of pyridine rings is 1. The van der Waals surface area contributed by atoms with E-state index >= 15 is 0 Å². The Morgan fingerprint density at radius 1 is 1.13 bits per heavy atom. The Bertz CT molecular complexity index is 1430. The number of rotatable bonds is 5. The molecule has 2 aromatic rings. The van der Waals surface area contributed by atoms with Gasteiger partial charge in [-0.2, -0.15) is 0 Å². The Balaban J connectivity index is 1.63. The number of Topliss-reactive ketones (excluding diaryl/α,β-unsaturated/α-hetero) is 2. The summed E-state index contributed by atoms with van der Waals surface area (Å²) < 4.78 is 0. The number of carbonyl (C=O) groups excluding carboxylic acids is 3. The predicted octanol–water partition coefficient (Wildman–Crippen LogP) is 1.14. The number of aromatic nitrogens is 1. The van der Waals surface area contributed by atoms with E-state index in [0.29, 0.717) is 18.4 Å². The van der Waals surface area contributed by atoms with Crippen molar-refractivity contribution in [3.63, 3.8) is 0 Å². The number of nitrogens with zero attached hydrogens (tertiary/aromatic N) is 2. The van der Waals surface area contributed by atoms with Gasteiger partial charge in [-0.3, -0.25) is 24.3 Å². The lowest BCUT2D eigenvalue weighted by Gasteiger charge is -2.50. The third-order valence-corrected chi connectivity index (χ3v) is 8.08. The molecule has 6 N–H and O–H groups in total. The highest BCUT2D eigenvalue weighted by atomic mass is 16.3. The topological polar surface area (TPSA) is 174 Å². The van der Waals surface area contributed by atoms with Gasteiger partial charge in [0.1, 0.15) is 22.8 Å². The van der Waals surface area contributed by atoms with Crippen LogP contribution in [0.1, 0.15) is 28.8 Å². The van der Waals surface area contributed by atoms with Crippen molar-refractivity contribution in [2.24, 2.45) is 17.6 Å². The second-order valence-corrected chi connectivity index (χ2v) is 10.4. The highest BCUT2D eigenvalue weighted by molar-refractivity contribution is 6.24. The van der Waals surface area contributed by atoms with E-state index in [4.69, 9.17) is 5.73 Å². The molecule has 1 heterocycles. The van der Waals surface area contributed by atoms with E-state index in [1.165, 1.54) is 11.0 Å². The Kier molecular flexibility index (Phi) is 6.12. The van der Waals surface area contributed by atoms with Crippen LogP contribution in [0.25, 0.3) is 5.76 Å². The summed E-state index contributed by atoms with van der Waals surface area (Å²) in [6.45, 7) is 0. The molecule has 0 spiro atoms. The Morgan fingerprint density at radius 3 is 2.50 bits per heavy atom. The van der Waals surface area contributed by atoms with Crippen molar-refractivity contribution >= 4 is 23.2 Å². The van der Waals surface area contributed by atoms with Gasteiger partial charge in [-0.05, 0) is 75.0 Å². The molecular weight excluding hydrogens is 490 g/mol. The Morgan fingerprint density at radius 2 is 1.87 bits per heavy atom. The predicted molar refractivity (Wildman–Crippen MR) is 136 cm³/mol. The fourth-order valence-corrected chi connectivity index (χ4v) is 6.35. The molecule has 0 unspecified atom stereocenters. The molecule has 3 aliphatic carbocycles. The second kappa shape index (κ2) is 9.07. The third kappa shape index (κ3) is 3.63. The van der Waals surface area contributed by atoms with Crippen molar-refractivity contribution in [1.82, 2.24) is 9.88 Å². The van der Waals surface area contributed by atoms with Gasteiger partial charge in [-0.1, -0.05) is 12.1 Å². The lowest BCUT2D eigenvalue weighted by Crippen LogP contribution is -2.65. The van der Waals surface area contributed by atoms with Crippen molar-refractivity contribution in [3.05, 3.63) is 75.8 Å². The molecule has 1 aromatic heterocycles. The number of benzene rings is 1. The lowest BCUT2D eigenvalue weighted by molar-refractivity contribution is -0.153. The Hall–Kier alpha value is -4.02. The van der Waals surface area contributed by atoms with E-state index in [-0.39, 0.29) is 29.7 Å². The molecule has 4 atom stereocenters. The van der Waals surface area contributed by atoms with Gasteiger partial charge < -0.3 is 26.2 Å². The van der Waals surface area contributed by atoms with Gasteiger partial charge >= 0.3 is 0 Å². The van der Waals surface area contributed by atoms with Gasteiger partial charge in [0, 0.05) is 23.4 Å². The number of primary amides is 1. The smallest absolute Gasteiger partial charge is 0.255 e. The van der Waals surface area contributed by atoms with E-state index in [9.17, 15) is 34.8 Å². The van der Waals surface area contributed by atoms with Crippen LogP contribution in [0.3, 0.4) is 0 Å². The molecular formula is C28H29N3O7. The molecule has 5 rings (SSSR count). The van der Waals surface area contributed by atoms with Crippen LogP contribution >= 0.6 is 0 Å². The highest BCUT2D eigenvalue weighted by Gasteiger charge is 2.64. The zero-order valence-electron chi connectivity index (χ0n) is 21.0. The van der Waals surface area contributed by atoms with Gasteiger partial charge in [0.05, 0.1) is 11.6 Å². The molecule has 198 valence electrons. The van der Waals surface area contributed by atoms with Gasteiger partial charge in [0.2, 0.25) is 5.78 Å². The lowest BCUT2D eigenvalue weighted by atomic mass is 9.57. The number of aromatic hydroxyl groups is 1. The number of amides is 1. The number of aryl methyl sites for hydroxylation is 2. The van der Waals surface area contributed by atoms with E-state index in [2.05, 4.69) is 4.98 Å². The van der Waals surface area contributed by atoms with Crippen molar-refractivity contribution in [3.8, 4) is 5.75 Å². The van der Waals surface area contributed by atoms with Gasteiger partial charge in [0.25, 0.3) is 5.91 Å². The summed E-state index contributed by atoms with van der Waals surface area (Å²) in [4.78, 5) is 44.9. The summed E-state index contributed by atoms with van der Waals surface area (Å²) in [5.74, 6) is -6.57. The number of nitrogens with two attached hydrogens (primary N) is 1. The van der Waals surface area contributed by atoms with E-state index in [1.54, 1.807) is 26.4 Å². The van der Waals surface area contributed by atoms with Crippen LogP contribution < -0.4 is 5.73 Å². The summed E-state index contributed by atoms with van der Waals surface area (Å²) in [5, 5.41) is 44.6. The first kappa shape index (κ1) is 25.6. The zero-order chi connectivity index (χ0) is 27.5. The van der Waals surface area contributed by atoms with Crippen LogP contribution in [0.15, 0.2) is 53.4 Å². The fraction of sp³-hybridized carbons (Fsp3) is 0.357. The van der Waals surface area contributed by atoms with Gasteiger partial charge in [0.15, 0.2) is 11.4 Å². The molecule has 1 amide bonds. The summed E-state index contributed by atoms with van der Waals surface area (Å²) in [6.07, 6.45) is 3.21. The number of likely N-dealkylation sites (N-methyl/N-ethyl adjacent to an activating group) is 1. The number of carbonyl (C=O) groups is 3. The zero-order valence-corrected chi connectivity index (χ0v) is 21.0. The number of phenolic OH excluding ortho intramolecular Hbond substituents is 1. The first-order valence-corrected chi connectivity index (χ1v) is 12.4. The molecule has 1 fully saturated rings. The number of fused-ring (bicyclic) bond motifs is 3. The molecule has 1 saturated carbocycles. The molecule has 10 nitrogen and oxygen atoms in total. The van der Waals surface area contributed by atoms with Gasteiger partial charge in [-0.25, -0.2) is 0 Å². The number of aliphatic hydroxyl groups excluding tert-OH is 2. The molecule has 10 heteroatoms. The largest absolute Gasteiger partial charge is 0.508 e. The van der Waals surface area contributed by atoms with E-state index in [0.717, 1.165) is 11.3 Å². The van der Waals surface area contributed by atoms with Crippen LogP contribution in [0.2, 0.25) is 0 Å². The highest BCUT2D eigenvalue weighted by Crippen LogP contribution is 2.53. The number of hydrogen-bond donors (Lipinski definition) is 5. The average Bonchev–Trinajstić information content (AvgIpc) is 2.86. The SMILES string of the molecule is CN(C)[C@H]1C(=O)C(C(N)=O)=C(O)[C@]2(O)C(=O)C3=C(O)c4c(O)ccc(CCc5ccccn5)c4C[C@@H]3C[C@H]12. The minimum absolute atomic E-state index is 0.0566. The summed E-state index contributed by atoms with van der Waals surface area (Å²) >= 11 is 0. The molecule has 0 aliphatic heterocycles. The molecule has 38 heavy (non-hydrogen) atoms. The molecule has 0 saturated heterocycles. The summed E-state index contributed by atoms with van der Waals surface area (Å²) in [5.41, 5.74) is 4.24. The van der Waals surface area contributed by atoms with Crippen molar-refractivity contribution in [2.75, 3.05) is 14.1 Å². The first-order valence-electron chi connectivity index (χ1n) is 12.4. The van der Waals surface area contributed by atoms with Gasteiger partial charge in [-0.15, -0.1) is 0 Å². The summed E-state index contributed by atoms with van der Waals surface area (Å²) in [6, 6.07) is 7.73. The third-order valence-electron chi connectivity index (χ3n) is 8.08. The monoisotopic (exact) mass is 519 g/mol. The maximum atomic E-state index is 13.9. The van der Waals surface area contributed by atoms with Crippen molar-refractivity contribution in [2.45, 2.75) is 37.3 Å². The second-order valence-electron chi connectivity index (χ2n) is 10.4. The molecule has 1 aromatic carbocycles. The quantitative estimate of drug-likeness (QED) is 0.363. The molecule has 0 bridgehead atoms. The number of ketones is 2. The van der Waals surface area contributed by atoms with Crippen molar-refractivity contribution in [1.29, 1.82) is 0 Å². The van der Waals surface area contributed by atoms with E-state index in [1.807, 2.05) is 18.2 Å². The van der Waals surface area contributed by atoms with Crippen LogP contribution in [0.4, 0.5) is 0 Å². The number of phenols is 1. The normalized spacial score (nSPS) is 26.8. The van der Waals surface area contributed by atoms with Crippen molar-refractivity contribution < 1.29 is 34.8 Å². The minimum Gasteiger partial charge on any atom is -0.508 e. The van der Waals surface area contributed by atoms with Crippen LogP contribution in [0, 0.1) is 11.8 Å². The average molecular weight is 520 g/mol. The molecule has 0 radical (unpaired) electrons. The van der Waals surface area contributed by atoms with Crippen LogP contribution in [-0.4, -0.2) is 73.5 Å². The number of hydrogen-bond acceptors (Lipinski definition) is 9. The maximum Gasteiger partial charge on any atom is 0.255 e. The minimum atomic E-state index is -2.64. The summed E-state index contributed by atoms with van der Waals surface area (Å²) in [7, 11) is 3.14. The fourth-order valence-electron chi connectivity index (χ4n) is 6.35. The maximum absolute atomic E-state index is 13.9. The first-order chi connectivity index (χ1) is 18.0. The molecule has 3 aliphatic rings. The van der Waals surface area contributed by atoms with Crippen LogP contribution in [-0.2, 0) is 33.6 Å². The Labute approximate surface area is 218 Å². The van der Waals surface area contributed by atoms with E-state index < -0.39 is 58.0 Å². The number of aliphatic hydroxyl groups is 3. The van der Waals surface area contributed by atoms with Crippen LogP contribution in [0.5, 0.6) is 5.75 Å².